The van der Waals surface area contributed by atoms with Gasteiger partial charge in [0.2, 0.25) is 5.95 Å². The van der Waals surface area contributed by atoms with Gasteiger partial charge in [0.05, 0.1) is 11.0 Å². The summed E-state index contributed by atoms with van der Waals surface area (Å²) in [5.41, 5.74) is 2.04. The maximum atomic E-state index is 13.1. The molecule has 1 aliphatic rings. The molecule has 0 radical (unpaired) electrons. The Kier molecular flexibility index (Phi) is 2.73. The first-order valence-electron chi connectivity index (χ1n) is 6.60. The quantitative estimate of drug-likeness (QED) is 0.846. The van der Waals surface area contributed by atoms with Gasteiger partial charge in [0.1, 0.15) is 5.82 Å². The monoisotopic (exact) mass is 247 g/mol. The van der Waals surface area contributed by atoms with Crippen LogP contribution in [-0.4, -0.2) is 16.5 Å². The van der Waals surface area contributed by atoms with Gasteiger partial charge in [0.15, 0.2) is 0 Å². The van der Waals surface area contributed by atoms with E-state index in [1.54, 1.807) is 6.07 Å². The van der Waals surface area contributed by atoms with Crippen LogP contribution < -0.4 is 5.32 Å². The first kappa shape index (κ1) is 11.5. The zero-order chi connectivity index (χ0) is 12.6. The lowest BCUT2D eigenvalue weighted by atomic mass is 10.0. The molecule has 2 aromatic rings. The fourth-order valence-corrected chi connectivity index (χ4v) is 2.56. The summed E-state index contributed by atoms with van der Waals surface area (Å²) in [5.74, 6) is 0.514. The van der Waals surface area contributed by atoms with Crippen molar-refractivity contribution in [3.8, 4) is 0 Å². The second-order valence-electron chi connectivity index (χ2n) is 5.35. The maximum Gasteiger partial charge on any atom is 0.201 e. The van der Waals surface area contributed by atoms with Crippen LogP contribution in [0.3, 0.4) is 0 Å². The maximum absolute atomic E-state index is 13.1. The van der Waals surface area contributed by atoms with Crippen LogP contribution in [0.1, 0.15) is 32.6 Å². The van der Waals surface area contributed by atoms with E-state index in [0.29, 0.717) is 5.41 Å². The molecule has 1 fully saturated rings. The molecule has 1 aromatic carbocycles. The number of nitrogens with one attached hydrogen (secondary N) is 2. The summed E-state index contributed by atoms with van der Waals surface area (Å²) in [6.45, 7) is 3.19. The minimum absolute atomic E-state index is 0.234. The van der Waals surface area contributed by atoms with Gasteiger partial charge in [-0.1, -0.05) is 13.3 Å². The van der Waals surface area contributed by atoms with E-state index in [0.717, 1.165) is 23.5 Å². The highest BCUT2D eigenvalue weighted by Gasteiger charge is 2.41. The Labute approximate surface area is 106 Å². The van der Waals surface area contributed by atoms with Crippen molar-refractivity contribution in [2.75, 3.05) is 11.9 Å². The largest absolute Gasteiger partial charge is 0.355 e. The zero-order valence-electron chi connectivity index (χ0n) is 10.6. The highest BCUT2D eigenvalue weighted by atomic mass is 19.1. The molecular formula is C14H18FN3. The first-order chi connectivity index (χ1) is 8.71. The van der Waals surface area contributed by atoms with E-state index in [1.807, 2.05) is 0 Å². The van der Waals surface area contributed by atoms with Gasteiger partial charge in [-0.2, -0.15) is 0 Å². The van der Waals surface area contributed by atoms with Crippen molar-refractivity contribution in [2.45, 2.75) is 32.6 Å². The minimum Gasteiger partial charge on any atom is -0.355 e. The third-order valence-corrected chi connectivity index (χ3v) is 3.81. The van der Waals surface area contributed by atoms with E-state index in [2.05, 4.69) is 22.2 Å². The van der Waals surface area contributed by atoms with Gasteiger partial charge in [-0.25, -0.2) is 9.37 Å². The number of rotatable bonds is 5. The molecule has 0 amide bonds. The van der Waals surface area contributed by atoms with Gasteiger partial charge in [-0.05, 0) is 42.9 Å². The molecular weight excluding hydrogens is 229 g/mol. The lowest BCUT2D eigenvalue weighted by molar-refractivity contribution is 0.484. The van der Waals surface area contributed by atoms with Crippen molar-refractivity contribution in [1.82, 2.24) is 9.97 Å². The van der Waals surface area contributed by atoms with Crippen molar-refractivity contribution in [1.29, 1.82) is 0 Å². The normalized spacial score (nSPS) is 17.0. The average molecular weight is 247 g/mol. The molecule has 0 saturated heterocycles. The molecule has 3 nitrogen and oxygen atoms in total. The van der Waals surface area contributed by atoms with E-state index in [-0.39, 0.29) is 5.82 Å². The number of halogens is 1. The van der Waals surface area contributed by atoms with Gasteiger partial charge in [-0.3, -0.25) is 0 Å². The highest BCUT2D eigenvalue weighted by Crippen LogP contribution is 2.49. The molecule has 1 aromatic heterocycles. The van der Waals surface area contributed by atoms with E-state index in [1.165, 1.54) is 37.8 Å². The van der Waals surface area contributed by atoms with Crippen LogP contribution in [0, 0.1) is 11.2 Å². The SMILES string of the molecule is CCCC1(CNc2nc3ccc(F)cc3[nH]2)CC1. The van der Waals surface area contributed by atoms with Crippen molar-refractivity contribution in [2.24, 2.45) is 5.41 Å². The molecule has 18 heavy (non-hydrogen) atoms. The topological polar surface area (TPSA) is 40.7 Å². The molecule has 0 atom stereocenters. The van der Waals surface area contributed by atoms with Crippen LogP contribution in [0.15, 0.2) is 18.2 Å². The molecule has 0 unspecified atom stereocenters. The summed E-state index contributed by atoms with van der Waals surface area (Å²) in [6, 6.07) is 4.62. The molecule has 0 spiro atoms. The van der Waals surface area contributed by atoms with Crippen LogP contribution in [-0.2, 0) is 0 Å². The molecule has 96 valence electrons. The van der Waals surface area contributed by atoms with E-state index < -0.39 is 0 Å². The number of nitrogens with zero attached hydrogens (tertiary/aromatic N) is 1. The molecule has 1 heterocycles. The molecule has 1 aliphatic carbocycles. The molecule has 2 N–H and O–H groups in total. The van der Waals surface area contributed by atoms with Crippen LogP contribution in [0.2, 0.25) is 0 Å². The summed E-state index contributed by atoms with van der Waals surface area (Å²) in [7, 11) is 0. The summed E-state index contributed by atoms with van der Waals surface area (Å²) >= 11 is 0. The third kappa shape index (κ3) is 2.19. The molecule has 4 heteroatoms. The minimum atomic E-state index is -0.234. The predicted molar refractivity (Wildman–Crippen MR) is 71.1 cm³/mol. The van der Waals surface area contributed by atoms with E-state index >= 15 is 0 Å². The number of imidazole rings is 1. The lowest BCUT2D eigenvalue weighted by Gasteiger charge is -2.13. The standard InChI is InChI=1S/C14H18FN3/c1-2-5-14(6-7-14)9-16-13-17-11-4-3-10(15)8-12(11)18-13/h3-4,8H,2,5-7,9H2,1H3,(H2,16,17,18). The molecule has 1 saturated carbocycles. The van der Waals surface area contributed by atoms with Crippen LogP contribution in [0.25, 0.3) is 11.0 Å². The molecule has 0 aliphatic heterocycles. The van der Waals surface area contributed by atoms with Crippen molar-refractivity contribution >= 4 is 17.0 Å². The third-order valence-electron chi connectivity index (χ3n) is 3.81. The Morgan fingerprint density at radius 3 is 3.00 bits per heavy atom. The highest BCUT2D eigenvalue weighted by molar-refractivity contribution is 5.77. The zero-order valence-corrected chi connectivity index (χ0v) is 10.6. The van der Waals surface area contributed by atoms with Gasteiger partial charge in [0, 0.05) is 6.54 Å². The van der Waals surface area contributed by atoms with Crippen LogP contribution in [0.4, 0.5) is 10.3 Å². The number of aromatic nitrogens is 2. The molecule has 3 rings (SSSR count). The van der Waals surface area contributed by atoms with Crippen molar-refractivity contribution < 1.29 is 4.39 Å². The van der Waals surface area contributed by atoms with E-state index in [9.17, 15) is 4.39 Å². The average Bonchev–Trinajstić information content (AvgIpc) is 2.99. The Morgan fingerprint density at radius 2 is 2.28 bits per heavy atom. The van der Waals surface area contributed by atoms with Crippen LogP contribution >= 0.6 is 0 Å². The van der Waals surface area contributed by atoms with Gasteiger partial charge < -0.3 is 10.3 Å². The predicted octanol–water partition coefficient (Wildman–Crippen LogP) is 3.69. The number of fused-ring (bicyclic) bond motifs is 1. The Hall–Kier alpha value is -1.58. The Balaban J connectivity index is 1.71. The summed E-state index contributed by atoms with van der Waals surface area (Å²) in [6.07, 6.45) is 5.12. The first-order valence-corrected chi connectivity index (χ1v) is 6.60. The second kappa shape index (κ2) is 4.26. The lowest BCUT2D eigenvalue weighted by Crippen LogP contribution is -2.15. The number of aromatic amines is 1. The van der Waals surface area contributed by atoms with Crippen molar-refractivity contribution in [3.05, 3.63) is 24.0 Å². The number of H-pyrrole nitrogens is 1. The summed E-state index contributed by atoms with van der Waals surface area (Å²) in [5, 5.41) is 3.35. The number of hydrogen-bond acceptors (Lipinski definition) is 2. The summed E-state index contributed by atoms with van der Waals surface area (Å²) < 4.78 is 13.1. The fourth-order valence-electron chi connectivity index (χ4n) is 2.56. The fraction of sp³-hybridized carbons (Fsp3) is 0.500. The number of benzene rings is 1. The summed E-state index contributed by atoms with van der Waals surface area (Å²) in [4.78, 5) is 7.53. The van der Waals surface area contributed by atoms with Gasteiger partial charge >= 0.3 is 0 Å². The second-order valence-corrected chi connectivity index (χ2v) is 5.35. The van der Waals surface area contributed by atoms with Gasteiger partial charge in [-0.15, -0.1) is 0 Å². The van der Waals surface area contributed by atoms with Crippen molar-refractivity contribution in [3.63, 3.8) is 0 Å². The van der Waals surface area contributed by atoms with Crippen LogP contribution in [0.5, 0.6) is 0 Å². The Morgan fingerprint density at radius 1 is 1.44 bits per heavy atom. The van der Waals surface area contributed by atoms with Gasteiger partial charge in [0.25, 0.3) is 0 Å². The van der Waals surface area contributed by atoms with E-state index in [4.69, 9.17) is 0 Å². The number of hydrogen-bond donors (Lipinski definition) is 2. The smallest absolute Gasteiger partial charge is 0.201 e. The molecule has 0 bridgehead atoms. The number of anilines is 1. The Bertz CT molecular complexity index is 557.